The van der Waals surface area contributed by atoms with Crippen molar-refractivity contribution >= 4 is 40.3 Å². The largest absolute Gasteiger partial charge is 0.417 e. The molecule has 1 aromatic carbocycles. The van der Waals surface area contributed by atoms with Gasteiger partial charge in [0.25, 0.3) is 0 Å². The van der Waals surface area contributed by atoms with Crippen molar-refractivity contribution in [3.05, 3.63) is 75.0 Å². The second kappa shape index (κ2) is 8.71. The molecule has 10 heteroatoms. The van der Waals surface area contributed by atoms with Crippen molar-refractivity contribution in [2.75, 3.05) is 5.32 Å². The van der Waals surface area contributed by atoms with E-state index in [1.165, 1.54) is 23.6 Å². The number of ketones is 1. The molecule has 3 aromatic rings. The lowest BCUT2D eigenvalue weighted by Gasteiger charge is -2.12. The molecule has 0 fully saturated rings. The highest BCUT2D eigenvalue weighted by Gasteiger charge is 2.33. The predicted octanol–water partition coefficient (Wildman–Crippen LogP) is 4.82. The van der Waals surface area contributed by atoms with Crippen LogP contribution >= 0.6 is 22.9 Å². The third-order valence-corrected chi connectivity index (χ3v) is 4.78. The Labute approximate surface area is 172 Å². The number of carbonyl (C=O) groups excluding carboxylic acids is 2. The van der Waals surface area contributed by atoms with Crippen LogP contribution in [0.5, 0.6) is 0 Å². The predicted molar refractivity (Wildman–Crippen MR) is 103 cm³/mol. The van der Waals surface area contributed by atoms with Crippen LogP contribution in [0.2, 0.25) is 5.02 Å². The summed E-state index contributed by atoms with van der Waals surface area (Å²) in [6, 6.07) is 6.42. The summed E-state index contributed by atoms with van der Waals surface area (Å²) in [4.78, 5) is 32.2. The number of thiazole rings is 1. The number of hydrogen-bond acceptors (Lipinski definition) is 5. The van der Waals surface area contributed by atoms with Crippen LogP contribution in [-0.2, 0) is 23.8 Å². The van der Waals surface area contributed by atoms with Crippen molar-refractivity contribution in [3.63, 3.8) is 0 Å². The Hall–Kier alpha value is -2.78. The monoisotopic (exact) mass is 439 g/mol. The first-order valence-corrected chi connectivity index (χ1v) is 9.56. The molecular formula is C19H13ClF3N3O2S. The number of benzene rings is 1. The number of anilines is 1. The Morgan fingerprint density at radius 2 is 1.90 bits per heavy atom. The summed E-state index contributed by atoms with van der Waals surface area (Å²) in [5, 5.41) is 3.62. The van der Waals surface area contributed by atoms with Gasteiger partial charge in [0.2, 0.25) is 5.91 Å². The van der Waals surface area contributed by atoms with Gasteiger partial charge in [0, 0.05) is 23.0 Å². The lowest BCUT2D eigenvalue weighted by molar-refractivity contribution is -0.137. The third-order valence-electron chi connectivity index (χ3n) is 3.87. The van der Waals surface area contributed by atoms with Crippen LogP contribution in [0.4, 0.5) is 18.9 Å². The molecule has 0 aliphatic carbocycles. The average molecular weight is 440 g/mol. The van der Waals surface area contributed by atoms with E-state index in [9.17, 15) is 22.8 Å². The lowest BCUT2D eigenvalue weighted by Crippen LogP contribution is -2.16. The van der Waals surface area contributed by atoms with Crippen molar-refractivity contribution in [1.82, 2.24) is 9.97 Å². The van der Waals surface area contributed by atoms with E-state index in [2.05, 4.69) is 15.3 Å². The molecule has 1 N–H and O–H groups in total. The Kier molecular flexibility index (Phi) is 6.29. The van der Waals surface area contributed by atoms with Gasteiger partial charge in [-0.1, -0.05) is 17.7 Å². The van der Waals surface area contributed by atoms with Crippen molar-refractivity contribution in [1.29, 1.82) is 0 Å². The molecule has 0 spiro atoms. The van der Waals surface area contributed by atoms with Crippen LogP contribution in [0.1, 0.15) is 27.3 Å². The smallest absolute Gasteiger partial charge is 0.326 e. The van der Waals surface area contributed by atoms with E-state index in [1.54, 1.807) is 23.0 Å². The molecule has 0 atom stereocenters. The minimum atomic E-state index is -4.62. The molecule has 0 radical (unpaired) electrons. The number of nitrogens with zero attached hydrogens (tertiary/aromatic N) is 2. The average Bonchev–Trinajstić information content (AvgIpc) is 3.19. The van der Waals surface area contributed by atoms with Gasteiger partial charge in [-0.15, -0.1) is 11.3 Å². The lowest BCUT2D eigenvalue weighted by atomic mass is 10.1. The van der Waals surface area contributed by atoms with E-state index >= 15 is 0 Å². The molecule has 0 saturated carbocycles. The van der Waals surface area contributed by atoms with Crippen molar-refractivity contribution in [3.8, 4) is 0 Å². The summed E-state index contributed by atoms with van der Waals surface area (Å²) in [6.45, 7) is 0. The molecule has 3 rings (SSSR count). The van der Waals surface area contributed by atoms with Gasteiger partial charge in [-0.25, -0.2) is 4.98 Å². The quantitative estimate of drug-likeness (QED) is 0.559. The maximum absolute atomic E-state index is 12.9. The number of halogens is 4. The Balaban J connectivity index is 1.60. The van der Waals surface area contributed by atoms with Gasteiger partial charge in [0.05, 0.1) is 28.9 Å². The van der Waals surface area contributed by atoms with Crippen molar-refractivity contribution in [2.45, 2.75) is 19.0 Å². The first kappa shape index (κ1) is 20.9. The summed E-state index contributed by atoms with van der Waals surface area (Å²) >= 11 is 6.89. The molecule has 2 heterocycles. The molecule has 0 bridgehead atoms. The fourth-order valence-corrected chi connectivity index (χ4v) is 3.26. The highest BCUT2D eigenvalue weighted by Crippen LogP contribution is 2.36. The summed E-state index contributed by atoms with van der Waals surface area (Å²) in [5.41, 5.74) is 2.00. The van der Waals surface area contributed by atoms with Crippen molar-refractivity contribution in [2.24, 2.45) is 0 Å². The minimum Gasteiger partial charge on any atom is -0.326 e. The van der Waals surface area contributed by atoms with Crippen LogP contribution in [-0.4, -0.2) is 21.7 Å². The molecule has 5 nitrogen and oxygen atoms in total. The van der Waals surface area contributed by atoms with Crippen LogP contribution in [0.25, 0.3) is 0 Å². The molecule has 0 aliphatic heterocycles. The number of aromatic nitrogens is 2. The van der Waals surface area contributed by atoms with Gasteiger partial charge in [-0.3, -0.25) is 14.6 Å². The number of carbonyl (C=O) groups is 2. The number of Topliss-reactive ketones (excluding diaryl/α,β-unsaturated/α-hetero) is 1. The van der Waals surface area contributed by atoms with Crippen LogP contribution in [0.3, 0.4) is 0 Å². The number of rotatable bonds is 6. The number of hydrogen-bond donors (Lipinski definition) is 1. The summed E-state index contributed by atoms with van der Waals surface area (Å²) in [6.07, 6.45) is -3.17. The molecular weight excluding hydrogens is 427 g/mol. The van der Waals surface area contributed by atoms with Crippen LogP contribution in [0.15, 0.2) is 47.4 Å². The van der Waals surface area contributed by atoms with Gasteiger partial charge >= 0.3 is 6.18 Å². The number of nitrogens with one attached hydrogen (secondary N) is 1. The van der Waals surface area contributed by atoms with E-state index in [-0.39, 0.29) is 24.3 Å². The standard InChI is InChI=1S/C19H13ClF3N3O2S/c20-15-4-3-13(6-14(15)19(21,22)23)26-18(28)5-11-1-2-12(24-8-11)7-17(27)16-9-29-10-25-16/h1-4,6,8-10H,5,7H2,(H,26,28). The van der Waals surface area contributed by atoms with E-state index < -0.39 is 22.7 Å². The Morgan fingerprint density at radius 1 is 1.10 bits per heavy atom. The van der Waals surface area contributed by atoms with E-state index in [0.29, 0.717) is 17.0 Å². The molecule has 150 valence electrons. The number of alkyl halides is 3. The van der Waals surface area contributed by atoms with Gasteiger partial charge in [0.1, 0.15) is 5.69 Å². The maximum Gasteiger partial charge on any atom is 0.417 e. The topological polar surface area (TPSA) is 72.0 Å². The normalized spacial score (nSPS) is 11.3. The maximum atomic E-state index is 12.9. The Bertz CT molecular complexity index is 1020. The second-order valence-electron chi connectivity index (χ2n) is 6.05. The molecule has 0 unspecified atom stereocenters. The Morgan fingerprint density at radius 3 is 2.52 bits per heavy atom. The van der Waals surface area contributed by atoms with Crippen LogP contribution in [0, 0.1) is 0 Å². The highest BCUT2D eigenvalue weighted by molar-refractivity contribution is 7.07. The van der Waals surface area contributed by atoms with Gasteiger partial charge in [-0.05, 0) is 29.8 Å². The first-order chi connectivity index (χ1) is 13.7. The minimum absolute atomic E-state index is 0.00911. The van der Waals surface area contributed by atoms with Crippen molar-refractivity contribution < 1.29 is 22.8 Å². The van der Waals surface area contributed by atoms with Crippen LogP contribution < -0.4 is 5.32 Å². The van der Waals surface area contributed by atoms with E-state index in [4.69, 9.17) is 11.6 Å². The number of amides is 1. The van der Waals surface area contributed by atoms with Gasteiger partial charge in [0.15, 0.2) is 5.78 Å². The zero-order valence-corrected chi connectivity index (χ0v) is 16.2. The van der Waals surface area contributed by atoms with E-state index in [0.717, 1.165) is 12.1 Å². The van der Waals surface area contributed by atoms with Gasteiger partial charge in [-0.2, -0.15) is 13.2 Å². The zero-order valence-electron chi connectivity index (χ0n) is 14.7. The van der Waals surface area contributed by atoms with E-state index in [1.807, 2.05) is 0 Å². The molecule has 0 aliphatic rings. The van der Waals surface area contributed by atoms with Gasteiger partial charge < -0.3 is 5.32 Å². The highest BCUT2D eigenvalue weighted by atomic mass is 35.5. The summed E-state index contributed by atoms with van der Waals surface area (Å²) in [5.74, 6) is -0.666. The fourth-order valence-electron chi connectivity index (χ4n) is 2.48. The first-order valence-electron chi connectivity index (χ1n) is 8.24. The fraction of sp³-hybridized carbons (Fsp3) is 0.158. The zero-order chi connectivity index (χ0) is 21.0. The molecule has 1 amide bonds. The SMILES string of the molecule is O=C(Cc1ccc(CC(=O)c2cscn2)nc1)Nc1ccc(Cl)c(C(F)(F)F)c1. The summed E-state index contributed by atoms with van der Waals surface area (Å²) < 4.78 is 38.7. The molecule has 0 saturated heterocycles. The molecule has 2 aromatic heterocycles. The third kappa shape index (κ3) is 5.61. The molecule has 29 heavy (non-hydrogen) atoms. The number of pyridine rings is 1. The summed E-state index contributed by atoms with van der Waals surface area (Å²) in [7, 11) is 0. The second-order valence-corrected chi connectivity index (χ2v) is 7.17.